The van der Waals surface area contributed by atoms with E-state index in [1.165, 1.54) is 0 Å². The molecule has 0 aliphatic heterocycles. The van der Waals surface area contributed by atoms with Gasteiger partial charge in [-0.25, -0.2) is 4.79 Å². The molecular weight excluding hydrogens is 290 g/mol. The van der Waals surface area contributed by atoms with E-state index in [4.69, 9.17) is 10.8 Å². The molecule has 0 radical (unpaired) electrons. The van der Waals surface area contributed by atoms with Gasteiger partial charge in [0.05, 0.1) is 0 Å². The summed E-state index contributed by atoms with van der Waals surface area (Å²) in [7, 11) is 0. The van der Waals surface area contributed by atoms with Crippen LogP contribution in [-0.4, -0.2) is 16.8 Å². The first kappa shape index (κ1) is 13.1. The Bertz CT molecular complexity index is 432. The fourth-order valence-electron chi connectivity index (χ4n) is 0.978. The van der Waals surface area contributed by atoms with Gasteiger partial charge in [0.1, 0.15) is 0 Å². The van der Waals surface area contributed by atoms with E-state index < -0.39 is 5.97 Å². The van der Waals surface area contributed by atoms with E-state index in [2.05, 4.69) is 15.9 Å². The van der Waals surface area contributed by atoms with Crippen molar-refractivity contribution in [1.29, 1.82) is 0 Å². The average molecular weight is 302 g/mol. The maximum atomic E-state index is 10.5. The molecule has 0 saturated heterocycles. The highest BCUT2D eigenvalue weighted by molar-refractivity contribution is 9.10. The number of carbonyl (C=O) groups is 1. The predicted molar refractivity (Wildman–Crippen MR) is 70.7 cm³/mol. The molecule has 3 N–H and O–H groups in total. The van der Waals surface area contributed by atoms with Gasteiger partial charge in [-0.2, -0.15) is 0 Å². The van der Waals surface area contributed by atoms with Crippen LogP contribution in [0.2, 0.25) is 0 Å². The molecule has 1 aromatic carbocycles. The van der Waals surface area contributed by atoms with E-state index in [-0.39, 0.29) is 0 Å². The number of thioether (sulfide) groups is 1. The van der Waals surface area contributed by atoms with E-state index in [1.54, 1.807) is 24.8 Å². The zero-order valence-electron chi connectivity index (χ0n) is 8.74. The van der Waals surface area contributed by atoms with Gasteiger partial charge >= 0.3 is 5.97 Å². The Morgan fingerprint density at radius 1 is 1.62 bits per heavy atom. The molecule has 0 unspecified atom stereocenters. The monoisotopic (exact) mass is 301 g/mol. The van der Waals surface area contributed by atoms with Crippen molar-refractivity contribution in [1.82, 2.24) is 0 Å². The minimum Gasteiger partial charge on any atom is -0.478 e. The number of carboxylic acids is 1. The minimum atomic E-state index is -0.878. The lowest BCUT2D eigenvalue weighted by Crippen LogP contribution is -1.96. The Morgan fingerprint density at radius 3 is 2.88 bits per heavy atom. The van der Waals surface area contributed by atoms with Crippen LogP contribution in [0.25, 0.3) is 0 Å². The van der Waals surface area contributed by atoms with Crippen LogP contribution in [0.1, 0.15) is 6.92 Å². The lowest BCUT2D eigenvalue weighted by atomic mass is 10.3. The summed E-state index contributed by atoms with van der Waals surface area (Å²) in [6, 6.07) is 5.56. The topological polar surface area (TPSA) is 63.3 Å². The molecule has 0 bridgehead atoms. The Kier molecular flexibility index (Phi) is 4.89. The number of rotatable bonds is 4. The molecule has 0 saturated carbocycles. The zero-order valence-corrected chi connectivity index (χ0v) is 11.1. The van der Waals surface area contributed by atoms with E-state index in [1.807, 2.05) is 18.2 Å². The Labute approximate surface area is 107 Å². The van der Waals surface area contributed by atoms with Crippen LogP contribution in [-0.2, 0) is 4.79 Å². The largest absolute Gasteiger partial charge is 0.478 e. The van der Waals surface area contributed by atoms with Gasteiger partial charge in [-0.05, 0) is 41.1 Å². The van der Waals surface area contributed by atoms with Crippen molar-refractivity contribution in [2.45, 2.75) is 11.8 Å². The first-order valence-electron chi connectivity index (χ1n) is 4.58. The molecule has 1 rings (SSSR count). The summed E-state index contributed by atoms with van der Waals surface area (Å²) in [4.78, 5) is 11.6. The third-order valence-corrected chi connectivity index (χ3v) is 3.84. The molecule has 5 heteroatoms. The van der Waals surface area contributed by atoms with Gasteiger partial charge in [-0.1, -0.05) is 6.08 Å². The molecule has 3 nitrogen and oxygen atoms in total. The van der Waals surface area contributed by atoms with Crippen LogP contribution in [0.3, 0.4) is 0 Å². The molecule has 0 aliphatic carbocycles. The fraction of sp³-hybridized carbons (Fsp3) is 0.182. The number of halogens is 1. The summed E-state index contributed by atoms with van der Waals surface area (Å²) < 4.78 is 0.930. The smallest absolute Gasteiger partial charge is 0.330 e. The maximum Gasteiger partial charge on any atom is 0.330 e. The van der Waals surface area contributed by atoms with Crippen molar-refractivity contribution in [3.63, 3.8) is 0 Å². The highest BCUT2D eigenvalue weighted by atomic mass is 79.9. The maximum absolute atomic E-state index is 10.5. The second-order valence-electron chi connectivity index (χ2n) is 3.19. The third kappa shape index (κ3) is 3.90. The quantitative estimate of drug-likeness (QED) is 0.509. The first-order chi connectivity index (χ1) is 7.50. The lowest BCUT2D eigenvalue weighted by Gasteiger charge is -2.03. The van der Waals surface area contributed by atoms with Crippen molar-refractivity contribution in [2.24, 2.45) is 0 Å². The lowest BCUT2D eigenvalue weighted by molar-refractivity contribution is -0.132. The summed E-state index contributed by atoms with van der Waals surface area (Å²) in [5, 5.41) is 8.67. The molecule has 0 atom stereocenters. The summed E-state index contributed by atoms with van der Waals surface area (Å²) in [5.74, 6) is -0.252. The number of nitrogen functional groups attached to an aromatic ring is 1. The number of hydrogen-bond acceptors (Lipinski definition) is 3. The highest BCUT2D eigenvalue weighted by Crippen LogP contribution is 2.29. The summed E-state index contributed by atoms with van der Waals surface area (Å²) >= 11 is 4.96. The van der Waals surface area contributed by atoms with Crippen LogP contribution in [0, 0.1) is 0 Å². The van der Waals surface area contributed by atoms with Crippen LogP contribution >= 0.6 is 27.7 Å². The SMILES string of the molecule is C/C(=C/CSc1ccc(N)cc1Br)C(=O)O. The summed E-state index contributed by atoms with van der Waals surface area (Å²) in [6.07, 6.45) is 1.69. The fourth-order valence-corrected chi connectivity index (χ4v) is 2.59. The summed E-state index contributed by atoms with van der Waals surface area (Å²) in [5.41, 5.74) is 6.68. The normalized spacial score (nSPS) is 11.5. The predicted octanol–water partition coefficient (Wildman–Crippen LogP) is 3.15. The highest BCUT2D eigenvalue weighted by Gasteiger charge is 2.02. The number of carboxylic acid groups (broad SMARTS) is 1. The average Bonchev–Trinajstić information content (AvgIpc) is 2.20. The van der Waals surface area contributed by atoms with Gasteiger partial charge in [-0.3, -0.25) is 0 Å². The van der Waals surface area contributed by atoms with Gasteiger partial charge in [0, 0.05) is 26.4 Å². The standard InChI is InChI=1S/C11H12BrNO2S/c1-7(11(14)15)4-5-16-10-3-2-8(13)6-9(10)12/h2-4,6H,5,13H2,1H3,(H,14,15)/b7-4-. The van der Waals surface area contributed by atoms with Gasteiger partial charge in [0.15, 0.2) is 0 Å². The van der Waals surface area contributed by atoms with Gasteiger partial charge in [-0.15, -0.1) is 11.8 Å². The molecular formula is C11H12BrNO2S. The number of anilines is 1. The number of benzene rings is 1. The second kappa shape index (κ2) is 5.96. The van der Waals surface area contributed by atoms with Crippen molar-refractivity contribution in [3.05, 3.63) is 34.3 Å². The Balaban J connectivity index is 2.62. The molecule has 86 valence electrons. The number of aliphatic carboxylic acids is 1. The molecule has 0 amide bonds. The Morgan fingerprint density at radius 2 is 2.31 bits per heavy atom. The molecule has 0 spiro atoms. The molecule has 0 fully saturated rings. The van der Waals surface area contributed by atoms with E-state index in [0.29, 0.717) is 17.0 Å². The van der Waals surface area contributed by atoms with Crippen molar-refractivity contribution < 1.29 is 9.90 Å². The van der Waals surface area contributed by atoms with Crippen LogP contribution in [0.5, 0.6) is 0 Å². The van der Waals surface area contributed by atoms with Crippen molar-refractivity contribution >= 4 is 39.3 Å². The minimum absolute atomic E-state index is 0.360. The number of hydrogen-bond donors (Lipinski definition) is 2. The van der Waals surface area contributed by atoms with E-state index in [9.17, 15) is 4.79 Å². The van der Waals surface area contributed by atoms with Crippen LogP contribution in [0.4, 0.5) is 5.69 Å². The third-order valence-electron chi connectivity index (χ3n) is 1.92. The first-order valence-corrected chi connectivity index (χ1v) is 6.36. The second-order valence-corrected chi connectivity index (χ2v) is 5.11. The van der Waals surface area contributed by atoms with Crippen LogP contribution in [0.15, 0.2) is 39.2 Å². The number of nitrogens with two attached hydrogens (primary N) is 1. The molecule has 0 aromatic heterocycles. The molecule has 0 aliphatic rings. The van der Waals surface area contributed by atoms with Crippen molar-refractivity contribution in [2.75, 3.05) is 11.5 Å². The van der Waals surface area contributed by atoms with E-state index >= 15 is 0 Å². The van der Waals surface area contributed by atoms with Gasteiger partial charge < -0.3 is 10.8 Å². The van der Waals surface area contributed by atoms with Crippen molar-refractivity contribution in [3.8, 4) is 0 Å². The van der Waals surface area contributed by atoms with Crippen LogP contribution < -0.4 is 5.73 Å². The Hall–Kier alpha value is -0.940. The molecule has 0 heterocycles. The molecule has 1 aromatic rings. The molecule has 16 heavy (non-hydrogen) atoms. The zero-order chi connectivity index (χ0) is 12.1. The van der Waals surface area contributed by atoms with Gasteiger partial charge in [0.25, 0.3) is 0 Å². The van der Waals surface area contributed by atoms with Gasteiger partial charge in [0.2, 0.25) is 0 Å². The van der Waals surface area contributed by atoms with E-state index in [0.717, 1.165) is 9.37 Å². The summed E-state index contributed by atoms with van der Waals surface area (Å²) in [6.45, 7) is 1.58.